The monoisotopic (exact) mass is 269 g/mol. The molecule has 20 heavy (non-hydrogen) atoms. The number of benzene rings is 1. The van der Waals surface area contributed by atoms with E-state index in [1.807, 2.05) is 13.0 Å². The van der Waals surface area contributed by atoms with Crippen LogP contribution in [0.1, 0.15) is 24.2 Å². The molecule has 0 saturated heterocycles. The summed E-state index contributed by atoms with van der Waals surface area (Å²) in [6, 6.07) is 10.5. The second kappa shape index (κ2) is 6.04. The van der Waals surface area contributed by atoms with Gasteiger partial charge in [0.25, 0.3) is 0 Å². The van der Waals surface area contributed by atoms with Crippen LogP contribution in [0.5, 0.6) is 17.2 Å². The molecule has 5 heteroatoms. The lowest BCUT2D eigenvalue weighted by Gasteiger charge is -2.09. The summed E-state index contributed by atoms with van der Waals surface area (Å²) in [5.74, 6) is 1.67. The molecule has 0 spiro atoms. The topological polar surface area (TPSA) is 81.2 Å². The quantitative estimate of drug-likeness (QED) is 0.923. The molecule has 0 radical (unpaired) electrons. The van der Waals surface area contributed by atoms with E-state index in [0.29, 0.717) is 22.8 Å². The molecule has 102 valence electrons. The van der Waals surface area contributed by atoms with Crippen molar-refractivity contribution in [2.45, 2.75) is 13.0 Å². The highest BCUT2D eigenvalue weighted by Gasteiger charge is 2.05. The standard InChI is InChI=1S/C15H15N3O2/c1-10(17)15-4-3-12(9-18-15)20-14-6-11(8-16)5-13(7-14)19-2/h3-7,9-10H,17H2,1-2H3/t10-/m0/s1. The molecule has 0 bridgehead atoms. The van der Waals surface area contributed by atoms with Crippen LogP contribution in [0.25, 0.3) is 0 Å². The van der Waals surface area contributed by atoms with Crippen LogP contribution in [-0.4, -0.2) is 12.1 Å². The summed E-state index contributed by atoms with van der Waals surface area (Å²) >= 11 is 0. The van der Waals surface area contributed by atoms with Gasteiger partial charge >= 0.3 is 0 Å². The summed E-state index contributed by atoms with van der Waals surface area (Å²) < 4.78 is 10.8. The van der Waals surface area contributed by atoms with Crippen LogP contribution >= 0.6 is 0 Å². The number of pyridine rings is 1. The molecule has 1 aromatic carbocycles. The van der Waals surface area contributed by atoms with Gasteiger partial charge in [-0.05, 0) is 31.2 Å². The first-order chi connectivity index (χ1) is 9.62. The molecule has 0 aliphatic carbocycles. The fourth-order valence-electron chi connectivity index (χ4n) is 1.67. The van der Waals surface area contributed by atoms with Crippen molar-refractivity contribution in [2.24, 2.45) is 5.73 Å². The zero-order valence-corrected chi connectivity index (χ0v) is 11.3. The van der Waals surface area contributed by atoms with E-state index in [4.69, 9.17) is 20.5 Å². The largest absolute Gasteiger partial charge is 0.497 e. The Hall–Kier alpha value is -2.58. The van der Waals surface area contributed by atoms with Gasteiger partial charge in [-0.25, -0.2) is 0 Å². The first-order valence-electron chi connectivity index (χ1n) is 6.11. The molecule has 0 saturated carbocycles. The Balaban J connectivity index is 2.23. The molecule has 0 unspecified atom stereocenters. The van der Waals surface area contributed by atoms with Crippen LogP contribution in [0, 0.1) is 11.3 Å². The van der Waals surface area contributed by atoms with E-state index in [0.717, 1.165) is 5.69 Å². The number of methoxy groups -OCH3 is 1. The number of ether oxygens (including phenoxy) is 2. The zero-order chi connectivity index (χ0) is 14.5. The van der Waals surface area contributed by atoms with E-state index in [2.05, 4.69) is 11.1 Å². The van der Waals surface area contributed by atoms with Crippen LogP contribution in [-0.2, 0) is 0 Å². The molecule has 5 nitrogen and oxygen atoms in total. The Morgan fingerprint density at radius 1 is 1.20 bits per heavy atom. The molecule has 1 aromatic heterocycles. The lowest BCUT2D eigenvalue weighted by molar-refractivity contribution is 0.408. The van der Waals surface area contributed by atoms with Crippen molar-refractivity contribution in [3.63, 3.8) is 0 Å². The first kappa shape index (κ1) is 13.8. The van der Waals surface area contributed by atoms with E-state index in [1.165, 1.54) is 0 Å². The van der Waals surface area contributed by atoms with Crippen molar-refractivity contribution in [2.75, 3.05) is 7.11 Å². The van der Waals surface area contributed by atoms with Crippen LogP contribution in [0.15, 0.2) is 36.5 Å². The summed E-state index contributed by atoms with van der Waals surface area (Å²) in [5, 5.41) is 8.96. The van der Waals surface area contributed by atoms with Gasteiger partial charge in [-0.3, -0.25) is 4.98 Å². The van der Waals surface area contributed by atoms with E-state index < -0.39 is 0 Å². The predicted octanol–water partition coefficient (Wildman–Crippen LogP) is 2.77. The third-order valence-electron chi connectivity index (χ3n) is 2.71. The van der Waals surface area contributed by atoms with Gasteiger partial charge in [0.15, 0.2) is 0 Å². The van der Waals surface area contributed by atoms with E-state index in [-0.39, 0.29) is 6.04 Å². The van der Waals surface area contributed by atoms with Crippen molar-refractivity contribution >= 4 is 0 Å². The number of rotatable bonds is 4. The number of hydrogen-bond donors (Lipinski definition) is 1. The Labute approximate surface area is 117 Å². The highest BCUT2D eigenvalue weighted by molar-refractivity contribution is 5.45. The average molecular weight is 269 g/mol. The summed E-state index contributed by atoms with van der Waals surface area (Å²) in [7, 11) is 1.54. The predicted molar refractivity (Wildman–Crippen MR) is 74.6 cm³/mol. The van der Waals surface area contributed by atoms with Gasteiger partial charge < -0.3 is 15.2 Å². The first-order valence-corrected chi connectivity index (χ1v) is 6.11. The lowest BCUT2D eigenvalue weighted by atomic mass is 10.2. The van der Waals surface area contributed by atoms with Crippen LogP contribution in [0.2, 0.25) is 0 Å². The number of hydrogen-bond acceptors (Lipinski definition) is 5. The van der Waals surface area contributed by atoms with Gasteiger partial charge in [-0.1, -0.05) is 0 Å². The minimum atomic E-state index is -0.119. The van der Waals surface area contributed by atoms with Crippen molar-refractivity contribution in [3.8, 4) is 23.3 Å². The molecule has 0 aliphatic rings. The van der Waals surface area contributed by atoms with Gasteiger partial charge in [-0.15, -0.1) is 0 Å². The maximum Gasteiger partial charge on any atom is 0.145 e. The fourth-order valence-corrected chi connectivity index (χ4v) is 1.67. The van der Waals surface area contributed by atoms with Crippen molar-refractivity contribution < 1.29 is 9.47 Å². The smallest absolute Gasteiger partial charge is 0.145 e. The summed E-state index contributed by atoms with van der Waals surface area (Å²) in [6.45, 7) is 1.87. The SMILES string of the molecule is COc1cc(C#N)cc(Oc2ccc([C@H](C)N)nc2)c1. The highest BCUT2D eigenvalue weighted by atomic mass is 16.5. The molecular formula is C15H15N3O2. The third kappa shape index (κ3) is 3.25. The zero-order valence-electron chi connectivity index (χ0n) is 11.3. The molecule has 2 rings (SSSR count). The molecule has 0 fully saturated rings. The minimum Gasteiger partial charge on any atom is -0.497 e. The molecule has 1 heterocycles. The fraction of sp³-hybridized carbons (Fsp3) is 0.200. The number of nitrogens with zero attached hydrogens (tertiary/aromatic N) is 2. The van der Waals surface area contributed by atoms with Gasteiger partial charge in [0.05, 0.1) is 30.6 Å². The number of nitriles is 1. The molecule has 2 aromatic rings. The lowest BCUT2D eigenvalue weighted by Crippen LogP contribution is -2.06. The summed E-state index contributed by atoms with van der Waals surface area (Å²) in [4.78, 5) is 4.21. The van der Waals surface area contributed by atoms with Gasteiger partial charge in [-0.2, -0.15) is 5.26 Å². The van der Waals surface area contributed by atoms with Crippen LogP contribution in [0.3, 0.4) is 0 Å². The van der Waals surface area contributed by atoms with E-state index >= 15 is 0 Å². The second-order valence-corrected chi connectivity index (χ2v) is 4.32. The Bertz CT molecular complexity index is 631. The molecular weight excluding hydrogens is 254 g/mol. The van der Waals surface area contributed by atoms with Gasteiger partial charge in [0, 0.05) is 12.1 Å². The molecule has 2 N–H and O–H groups in total. The third-order valence-corrected chi connectivity index (χ3v) is 2.71. The molecule has 1 atom stereocenters. The maximum atomic E-state index is 8.96. The normalized spacial score (nSPS) is 11.5. The minimum absolute atomic E-state index is 0.119. The van der Waals surface area contributed by atoms with Gasteiger partial charge in [0.2, 0.25) is 0 Å². The number of aromatic nitrogens is 1. The van der Waals surface area contributed by atoms with E-state index in [9.17, 15) is 0 Å². The summed E-state index contributed by atoms with van der Waals surface area (Å²) in [6.07, 6.45) is 1.60. The molecule has 0 amide bonds. The van der Waals surface area contributed by atoms with Crippen LogP contribution in [0.4, 0.5) is 0 Å². The highest BCUT2D eigenvalue weighted by Crippen LogP contribution is 2.27. The Morgan fingerprint density at radius 2 is 1.95 bits per heavy atom. The summed E-state index contributed by atoms with van der Waals surface area (Å²) in [5.41, 5.74) is 7.00. The molecule has 0 aliphatic heterocycles. The van der Waals surface area contributed by atoms with Gasteiger partial charge in [0.1, 0.15) is 17.2 Å². The van der Waals surface area contributed by atoms with E-state index in [1.54, 1.807) is 37.6 Å². The maximum absolute atomic E-state index is 8.96. The average Bonchev–Trinajstić information content (AvgIpc) is 2.47. The van der Waals surface area contributed by atoms with Crippen LogP contribution < -0.4 is 15.2 Å². The van der Waals surface area contributed by atoms with Crippen molar-refractivity contribution in [3.05, 3.63) is 47.8 Å². The van der Waals surface area contributed by atoms with Crippen molar-refractivity contribution in [1.82, 2.24) is 4.98 Å². The Kier molecular flexibility index (Phi) is 4.18. The number of nitrogens with two attached hydrogens (primary N) is 1. The van der Waals surface area contributed by atoms with Crippen molar-refractivity contribution in [1.29, 1.82) is 5.26 Å². The Morgan fingerprint density at radius 3 is 2.50 bits per heavy atom. The second-order valence-electron chi connectivity index (χ2n) is 4.32.